The SMILES string of the molecule is Cc1cccc(-n2cc[nH]c2=O)c1C. The first kappa shape index (κ1) is 8.81. The molecule has 14 heavy (non-hydrogen) atoms. The number of aryl methyl sites for hydroxylation is 1. The van der Waals surface area contributed by atoms with Crippen LogP contribution in [0.4, 0.5) is 0 Å². The second kappa shape index (κ2) is 3.18. The number of aromatic nitrogens is 2. The van der Waals surface area contributed by atoms with E-state index in [-0.39, 0.29) is 5.69 Å². The molecule has 1 N–H and O–H groups in total. The van der Waals surface area contributed by atoms with E-state index in [4.69, 9.17) is 0 Å². The Balaban J connectivity index is 2.69. The van der Waals surface area contributed by atoms with Gasteiger partial charge in [-0.05, 0) is 31.0 Å². The summed E-state index contributed by atoms with van der Waals surface area (Å²) in [4.78, 5) is 14.0. The van der Waals surface area contributed by atoms with Crippen LogP contribution >= 0.6 is 0 Å². The second-order valence-electron chi connectivity index (χ2n) is 3.35. The minimum absolute atomic E-state index is 0.0984. The molecule has 0 bridgehead atoms. The van der Waals surface area contributed by atoms with Crippen LogP contribution in [0.15, 0.2) is 35.4 Å². The van der Waals surface area contributed by atoms with Gasteiger partial charge >= 0.3 is 5.69 Å². The maximum absolute atomic E-state index is 11.4. The Hall–Kier alpha value is -1.77. The molecule has 0 aliphatic carbocycles. The Morgan fingerprint density at radius 2 is 2.07 bits per heavy atom. The van der Waals surface area contributed by atoms with Crippen molar-refractivity contribution in [3.63, 3.8) is 0 Å². The van der Waals surface area contributed by atoms with E-state index < -0.39 is 0 Å². The van der Waals surface area contributed by atoms with E-state index in [0.717, 1.165) is 11.3 Å². The second-order valence-corrected chi connectivity index (χ2v) is 3.35. The van der Waals surface area contributed by atoms with E-state index in [1.807, 2.05) is 32.0 Å². The van der Waals surface area contributed by atoms with E-state index in [9.17, 15) is 4.79 Å². The molecule has 0 saturated carbocycles. The summed E-state index contributed by atoms with van der Waals surface area (Å²) in [6, 6.07) is 5.94. The van der Waals surface area contributed by atoms with Gasteiger partial charge in [-0.15, -0.1) is 0 Å². The first-order valence-corrected chi connectivity index (χ1v) is 4.53. The van der Waals surface area contributed by atoms with Gasteiger partial charge in [0, 0.05) is 12.4 Å². The van der Waals surface area contributed by atoms with Crippen LogP contribution in [0.25, 0.3) is 5.69 Å². The van der Waals surface area contributed by atoms with Crippen molar-refractivity contribution < 1.29 is 0 Å². The molecule has 0 aliphatic rings. The maximum Gasteiger partial charge on any atom is 0.330 e. The molecule has 0 amide bonds. The van der Waals surface area contributed by atoms with Gasteiger partial charge in [-0.2, -0.15) is 0 Å². The fraction of sp³-hybridized carbons (Fsp3) is 0.182. The lowest BCUT2D eigenvalue weighted by molar-refractivity contribution is 0.971. The zero-order chi connectivity index (χ0) is 10.1. The molecule has 0 atom stereocenters. The normalized spacial score (nSPS) is 10.4. The molecule has 0 unspecified atom stereocenters. The van der Waals surface area contributed by atoms with Crippen LogP contribution in [0.1, 0.15) is 11.1 Å². The molecule has 0 fully saturated rings. The topological polar surface area (TPSA) is 37.8 Å². The highest BCUT2D eigenvalue weighted by Gasteiger charge is 2.04. The minimum Gasteiger partial charge on any atom is -0.312 e. The summed E-state index contributed by atoms with van der Waals surface area (Å²) in [5.74, 6) is 0. The fourth-order valence-corrected chi connectivity index (χ4v) is 1.51. The number of hydrogen-bond acceptors (Lipinski definition) is 1. The largest absolute Gasteiger partial charge is 0.330 e. The van der Waals surface area contributed by atoms with Gasteiger partial charge in [-0.25, -0.2) is 4.79 Å². The van der Waals surface area contributed by atoms with Crippen molar-refractivity contribution in [2.45, 2.75) is 13.8 Å². The predicted octanol–water partition coefficient (Wildman–Crippen LogP) is 1.78. The van der Waals surface area contributed by atoms with E-state index in [1.54, 1.807) is 17.0 Å². The summed E-state index contributed by atoms with van der Waals surface area (Å²) in [6.45, 7) is 4.06. The van der Waals surface area contributed by atoms with E-state index in [2.05, 4.69) is 4.98 Å². The number of aromatic amines is 1. The van der Waals surface area contributed by atoms with Gasteiger partial charge in [0.15, 0.2) is 0 Å². The Labute approximate surface area is 82.0 Å². The first-order chi connectivity index (χ1) is 6.70. The highest BCUT2D eigenvalue weighted by Crippen LogP contribution is 2.15. The molecule has 1 aromatic carbocycles. The average molecular weight is 188 g/mol. The third-order valence-corrected chi connectivity index (χ3v) is 2.48. The number of benzene rings is 1. The lowest BCUT2D eigenvalue weighted by Gasteiger charge is -2.07. The molecule has 0 aliphatic heterocycles. The number of imidazole rings is 1. The predicted molar refractivity (Wildman–Crippen MR) is 55.9 cm³/mol. The zero-order valence-corrected chi connectivity index (χ0v) is 8.24. The van der Waals surface area contributed by atoms with Gasteiger partial charge < -0.3 is 4.98 Å². The van der Waals surface area contributed by atoms with Crippen LogP contribution in [0.3, 0.4) is 0 Å². The van der Waals surface area contributed by atoms with Gasteiger partial charge in [0.1, 0.15) is 0 Å². The van der Waals surface area contributed by atoms with Crippen molar-refractivity contribution in [1.82, 2.24) is 9.55 Å². The first-order valence-electron chi connectivity index (χ1n) is 4.53. The number of hydrogen-bond donors (Lipinski definition) is 1. The molecular weight excluding hydrogens is 176 g/mol. The molecule has 1 heterocycles. The molecule has 0 saturated heterocycles. The molecule has 2 rings (SSSR count). The minimum atomic E-state index is -0.0984. The molecule has 1 aromatic heterocycles. The lowest BCUT2D eigenvalue weighted by Crippen LogP contribution is -2.15. The Bertz CT molecular complexity index is 508. The summed E-state index contributed by atoms with van der Waals surface area (Å²) < 4.78 is 1.61. The Morgan fingerprint density at radius 1 is 1.29 bits per heavy atom. The quantitative estimate of drug-likeness (QED) is 0.727. The van der Waals surface area contributed by atoms with Crippen molar-refractivity contribution in [1.29, 1.82) is 0 Å². The summed E-state index contributed by atoms with van der Waals surface area (Å²) in [5, 5.41) is 0. The number of nitrogens with zero attached hydrogens (tertiary/aromatic N) is 1. The molecular formula is C11H12N2O. The Morgan fingerprint density at radius 3 is 2.71 bits per heavy atom. The van der Waals surface area contributed by atoms with Gasteiger partial charge in [0.05, 0.1) is 5.69 Å². The van der Waals surface area contributed by atoms with Crippen molar-refractivity contribution in [2.75, 3.05) is 0 Å². The summed E-state index contributed by atoms with van der Waals surface area (Å²) in [6.07, 6.45) is 3.38. The summed E-state index contributed by atoms with van der Waals surface area (Å²) >= 11 is 0. The van der Waals surface area contributed by atoms with Crippen LogP contribution < -0.4 is 5.69 Å². The molecule has 2 aromatic rings. The molecule has 3 nitrogen and oxygen atoms in total. The molecule has 72 valence electrons. The van der Waals surface area contributed by atoms with Crippen LogP contribution in [0, 0.1) is 13.8 Å². The fourth-order valence-electron chi connectivity index (χ4n) is 1.51. The van der Waals surface area contributed by atoms with Crippen LogP contribution in [0.5, 0.6) is 0 Å². The van der Waals surface area contributed by atoms with Gasteiger partial charge in [-0.1, -0.05) is 12.1 Å². The highest BCUT2D eigenvalue weighted by atomic mass is 16.1. The summed E-state index contributed by atoms with van der Waals surface area (Å²) in [5.41, 5.74) is 3.17. The molecule has 0 radical (unpaired) electrons. The zero-order valence-electron chi connectivity index (χ0n) is 8.24. The van der Waals surface area contributed by atoms with E-state index in [0.29, 0.717) is 0 Å². The molecule has 0 spiro atoms. The van der Waals surface area contributed by atoms with Crippen LogP contribution in [-0.2, 0) is 0 Å². The maximum atomic E-state index is 11.4. The lowest BCUT2D eigenvalue weighted by atomic mass is 10.1. The third kappa shape index (κ3) is 1.27. The number of nitrogens with one attached hydrogen (secondary N) is 1. The average Bonchev–Trinajstić information content (AvgIpc) is 2.57. The van der Waals surface area contributed by atoms with Crippen molar-refractivity contribution >= 4 is 0 Å². The summed E-state index contributed by atoms with van der Waals surface area (Å²) in [7, 11) is 0. The van der Waals surface area contributed by atoms with Gasteiger partial charge in [0.25, 0.3) is 0 Å². The van der Waals surface area contributed by atoms with Gasteiger partial charge in [0.2, 0.25) is 0 Å². The Kier molecular flexibility index (Phi) is 2.00. The van der Waals surface area contributed by atoms with Crippen LogP contribution in [0.2, 0.25) is 0 Å². The number of rotatable bonds is 1. The third-order valence-electron chi connectivity index (χ3n) is 2.48. The van der Waals surface area contributed by atoms with Crippen LogP contribution in [-0.4, -0.2) is 9.55 Å². The smallest absolute Gasteiger partial charge is 0.312 e. The van der Waals surface area contributed by atoms with E-state index >= 15 is 0 Å². The van der Waals surface area contributed by atoms with Gasteiger partial charge in [-0.3, -0.25) is 4.57 Å². The highest BCUT2D eigenvalue weighted by molar-refractivity contribution is 5.44. The standard InChI is InChI=1S/C11H12N2O/c1-8-4-3-5-10(9(8)2)13-7-6-12-11(13)14/h3-7H,1-2H3,(H,12,14). The monoisotopic (exact) mass is 188 g/mol. The molecule has 3 heteroatoms. The number of H-pyrrole nitrogens is 1. The van der Waals surface area contributed by atoms with Crippen molar-refractivity contribution in [3.05, 3.63) is 52.2 Å². The van der Waals surface area contributed by atoms with E-state index in [1.165, 1.54) is 5.56 Å². The van der Waals surface area contributed by atoms with Crippen molar-refractivity contribution in [3.8, 4) is 5.69 Å². The van der Waals surface area contributed by atoms with Crippen molar-refractivity contribution in [2.24, 2.45) is 0 Å².